The Kier molecular flexibility index (Phi) is 4.23. The maximum atomic E-state index is 12.9. The van der Waals surface area contributed by atoms with E-state index < -0.39 is 17.8 Å². The minimum absolute atomic E-state index is 0.146. The molecule has 0 unspecified atom stereocenters. The monoisotopic (exact) mass is 275 g/mol. The summed E-state index contributed by atoms with van der Waals surface area (Å²) in [5.41, 5.74) is 0.225. The highest BCUT2D eigenvalue weighted by Gasteiger charge is 2.08. The van der Waals surface area contributed by atoms with Crippen LogP contribution in [0.1, 0.15) is 17.3 Å². The highest BCUT2D eigenvalue weighted by atomic mass is 79.9. The van der Waals surface area contributed by atoms with Crippen LogP contribution in [0.2, 0.25) is 0 Å². The molecule has 0 aromatic heterocycles. The van der Waals surface area contributed by atoms with Gasteiger partial charge in [0.15, 0.2) is 0 Å². The molecule has 0 saturated heterocycles. The number of carbonyl (C=O) groups excluding carboxylic acids is 1. The first kappa shape index (κ1) is 12.1. The first-order valence-electron chi connectivity index (χ1n) is 4.41. The molecule has 0 fully saturated rings. The molecule has 0 radical (unpaired) electrons. The van der Waals surface area contributed by atoms with E-state index in [1.165, 1.54) is 12.1 Å². The number of halogens is 2. The summed E-state index contributed by atoms with van der Waals surface area (Å²) >= 11 is 3.09. The summed E-state index contributed by atoms with van der Waals surface area (Å²) in [6.07, 6.45) is -0.619. The zero-order valence-corrected chi connectivity index (χ0v) is 9.71. The van der Waals surface area contributed by atoms with Gasteiger partial charge in [0.2, 0.25) is 0 Å². The van der Waals surface area contributed by atoms with E-state index in [0.29, 0.717) is 4.47 Å². The summed E-state index contributed by atoms with van der Waals surface area (Å²) in [5.74, 6) is -0.886. The first-order valence-corrected chi connectivity index (χ1v) is 5.20. The Bertz CT molecular complexity index is 348. The van der Waals surface area contributed by atoms with Crippen molar-refractivity contribution < 1.29 is 14.3 Å². The molecule has 0 aliphatic rings. The minimum atomic E-state index is -0.619. The summed E-state index contributed by atoms with van der Waals surface area (Å²) in [6.45, 7) is 1.70. The summed E-state index contributed by atoms with van der Waals surface area (Å²) in [4.78, 5) is 11.4. The van der Waals surface area contributed by atoms with Crippen molar-refractivity contribution in [3.63, 3.8) is 0 Å². The SMILES string of the molecule is C[C@@H](O)CNC(=O)c1cc(F)cc(Br)c1. The topological polar surface area (TPSA) is 49.3 Å². The predicted molar refractivity (Wildman–Crippen MR) is 58.1 cm³/mol. The van der Waals surface area contributed by atoms with Gasteiger partial charge in [0, 0.05) is 16.6 Å². The van der Waals surface area contributed by atoms with Gasteiger partial charge in [-0.25, -0.2) is 4.39 Å². The molecule has 1 aromatic carbocycles. The van der Waals surface area contributed by atoms with E-state index in [-0.39, 0.29) is 12.1 Å². The van der Waals surface area contributed by atoms with Crippen LogP contribution in [0.25, 0.3) is 0 Å². The third-order valence-corrected chi connectivity index (χ3v) is 2.14. The molecule has 0 saturated carbocycles. The lowest BCUT2D eigenvalue weighted by atomic mass is 10.2. The highest BCUT2D eigenvalue weighted by Crippen LogP contribution is 2.14. The smallest absolute Gasteiger partial charge is 0.251 e. The fourth-order valence-corrected chi connectivity index (χ4v) is 1.49. The van der Waals surface area contributed by atoms with Gasteiger partial charge < -0.3 is 10.4 Å². The van der Waals surface area contributed by atoms with Crippen molar-refractivity contribution in [3.05, 3.63) is 34.1 Å². The second-order valence-electron chi connectivity index (χ2n) is 3.22. The first-order chi connectivity index (χ1) is 6.99. The molecule has 3 nitrogen and oxygen atoms in total. The van der Waals surface area contributed by atoms with Crippen molar-refractivity contribution in [1.82, 2.24) is 5.32 Å². The molecule has 0 heterocycles. The number of aliphatic hydroxyl groups excluding tert-OH is 1. The van der Waals surface area contributed by atoms with Crippen LogP contribution in [0.3, 0.4) is 0 Å². The van der Waals surface area contributed by atoms with Crippen LogP contribution in [0, 0.1) is 5.82 Å². The minimum Gasteiger partial charge on any atom is -0.392 e. The number of hydrogen-bond donors (Lipinski definition) is 2. The summed E-state index contributed by atoms with van der Waals surface area (Å²) in [5, 5.41) is 11.4. The summed E-state index contributed by atoms with van der Waals surface area (Å²) in [6, 6.07) is 3.92. The Morgan fingerprint density at radius 2 is 2.27 bits per heavy atom. The number of nitrogens with one attached hydrogen (secondary N) is 1. The second-order valence-corrected chi connectivity index (χ2v) is 4.13. The normalized spacial score (nSPS) is 12.3. The van der Waals surface area contributed by atoms with E-state index in [9.17, 15) is 9.18 Å². The molecule has 0 aliphatic carbocycles. The quantitative estimate of drug-likeness (QED) is 0.882. The van der Waals surface area contributed by atoms with Crippen LogP contribution >= 0.6 is 15.9 Å². The van der Waals surface area contributed by atoms with Crippen LogP contribution < -0.4 is 5.32 Å². The van der Waals surface area contributed by atoms with Gasteiger partial charge in [0.25, 0.3) is 5.91 Å². The van der Waals surface area contributed by atoms with Crippen molar-refractivity contribution in [3.8, 4) is 0 Å². The zero-order valence-electron chi connectivity index (χ0n) is 8.13. The third kappa shape index (κ3) is 3.97. The number of carbonyl (C=O) groups is 1. The van der Waals surface area contributed by atoms with Crippen molar-refractivity contribution in [2.24, 2.45) is 0 Å². The van der Waals surface area contributed by atoms with Gasteiger partial charge in [-0.1, -0.05) is 15.9 Å². The molecular weight excluding hydrogens is 265 g/mol. The van der Waals surface area contributed by atoms with Gasteiger partial charge in [0.05, 0.1) is 6.10 Å². The van der Waals surface area contributed by atoms with Gasteiger partial charge in [-0.3, -0.25) is 4.79 Å². The average Bonchev–Trinajstić information content (AvgIpc) is 2.12. The maximum Gasteiger partial charge on any atom is 0.251 e. The molecule has 0 bridgehead atoms. The molecule has 0 spiro atoms. The van der Waals surface area contributed by atoms with Crippen molar-refractivity contribution >= 4 is 21.8 Å². The molecule has 2 N–H and O–H groups in total. The van der Waals surface area contributed by atoms with Gasteiger partial charge in [-0.15, -0.1) is 0 Å². The fraction of sp³-hybridized carbons (Fsp3) is 0.300. The van der Waals surface area contributed by atoms with E-state index in [1.807, 2.05) is 0 Å². The molecule has 1 rings (SSSR count). The molecular formula is C10H11BrFNO2. The van der Waals surface area contributed by atoms with Crippen molar-refractivity contribution in [2.45, 2.75) is 13.0 Å². The van der Waals surface area contributed by atoms with Gasteiger partial charge in [-0.05, 0) is 25.1 Å². The van der Waals surface area contributed by atoms with Crippen LogP contribution in [-0.2, 0) is 0 Å². The van der Waals surface area contributed by atoms with E-state index in [2.05, 4.69) is 21.2 Å². The van der Waals surface area contributed by atoms with Crippen LogP contribution in [0.5, 0.6) is 0 Å². The molecule has 0 aliphatic heterocycles. The Labute approximate surface area is 95.4 Å². The Morgan fingerprint density at radius 3 is 2.80 bits per heavy atom. The number of hydrogen-bond acceptors (Lipinski definition) is 2. The third-order valence-electron chi connectivity index (χ3n) is 1.68. The number of rotatable bonds is 3. The fourth-order valence-electron chi connectivity index (χ4n) is 1.03. The van der Waals surface area contributed by atoms with Crippen molar-refractivity contribution in [2.75, 3.05) is 6.54 Å². The number of benzene rings is 1. The van der Waals surface area contributed by atoms with E-state index in [4.69, 9.17) is 5.11 Å². The maximum absolute atomic E-state index is 12.9. The summed E-state index contributed by atoms with van der Waals surface area (Å²) < 4.78 is 13.4. The Morgan fingerprint density at radius 1 is 1.60 bits per heavy atom. The van der Waals surface area contributed by atoms with Gasteiger partial charge >= 0.3 is 0 Å². The second kappa shape index (κ2) is 5.23. The molecule has 82 valence electrons. The van der Waals surface area contributed by atoms with E-state index in [1.54, 1.807) is 6.92 Å². The van der Waals surface area contributed by atoms with Crippen LogP contribution in [0.15, 0.2) is 22.7 Å². The van der Waals surface area contributed by atoms with Crippen molar-refractivity contribution in [1.29, 1.82) is 0 Å². The Balaban J connectivity index is 2.73. The number of aliphatic hydroxyl groups is 1. The van der Waals surface area contributed by atoms with E-state index >= 15 is 0 Å². The van der Waals surface area contributed by atoms with Gasteiger partial charge in [0.1, 0.15) is 5.82 Å². The van der Waals surface area contributed by atoms with E-state index in [0.717, 1.165) is 6.07 Å². The zero-order chi connectivity index (χ0) is 11.4. The largest absolute Gasteiger partial charge is 0.392 e. The standard InChI is InChI=1S/C10H11BrFNO2/c1-6(14)5-13-10(15)7-2-8(11)4-9(12)3-7/h2-4,6,14H,5H2,1H3,(H,13,15)/t6-/m1/s1. The lowest BCUT2D eigenvalue weighted by molar-refractivity contribution is 0.0923. The van der Waals surface area contributed by atoms with Crippen LogP contribution in [-0.4, -0.2) is 23.7 Å². The lowest BCUT2D eigenvalue weighted by Crippen LogP contribution is -2.30. The molecule has 1 amide bonds. The Hall–Kier alpha value is -0.940. The molecule has 1 atom stereocenters. The van der Waals surface area contributed by atoms with Crippen LogP contribution in [0.4, 0.5) is 4.39 Å². The average molecular weight is 276 g/mol. The number of amides is 1. The van der Waals surface area contributed by atoms with Gasteiger partial charge in [-0.2, -0.15) is 0 Å². The summed E-state index contributed by atoms with van der Waals surface area (Å²) in [7, 11) is 0. The predicted octanol–water partition coefficient (Wildman–Crippen LogP) is 1.70. The highest BCUT2D eigenvalue weighted by molar-refractivity contribution is 9.10. The molecule has 1 aromatic rings. The lowest BCUT2D eigenvalue weighted by Gasteiger charge is -2.07. The molecule has 15 heavy (non-hydrogen) atoms. The molecule has 5 heteroatoms.